The molecule has 1 aliphatic heterocycles. The van der Waals surface area contributed by atoms with E-state index in [1.807, 2.05) is 0 Å². The number of β-amino-alcohol motifs (C(OH)–C–C–N with tert-alkyl or cyclic N) is 1. The van der Waals surface area contributed by atoms with Crippen molar-refractivity contribution >= 4 is 27.3 Å². The maximum atomic E-state index is 10.1. The smallest absolute Gasteiger partial charge is 0.0923 e. The first-order chi connectivity index (χ1) is 6.99. The molecule has 0 atom stereocenters. The molecule has 2 rings (SSSR count). The fourth-order valence-electron chi connectivity index (χ4n) is 1.86. The van der Waals surface area contributed by atoms with Crippen LogP contribution in [0.1, 0.15) is 18.7 Å². The fourth-order valence-corrected chi connectivity index (χ4v) is 3.39. The summed E-state index contributed by atoms with van der Waals surface area (Å²) in [5, 5.41) is 10.1. The number of rotatable bonds is 3. The van der Waals surface area contributed by atoms with E-state index in [9.17, 15) is 5.11 Å². The highest BCUT2D eigenvalue weighted by Gasteiger charge is 2.43. The molecule has 2 heterocycles. The number of thiophene rings is 1. The molecular weight excluding hydrogens is 274 g/mol. The van der Waals surface area contributed by atoms with Crippen molar-refractivity contribution in [2.45, 2.75) is 26.0 Å². The Labute approximate surface area is 103 Å². The summed E-state index contributed by atoms with van der Waals surface area (Å²) in [5.74, 6) is 0.351. The lowest BCUT2D eigenvalue weighted by atomic mass is 9.83. The van der Waals surface area contributed by atoms with Crippen LogP contribution < -0.4 is 0 Å². The largest absolute Gasteiger partial charge is 0.387 e. The Bertz CT molecular complexity index is 344. The number of nitrogens with zero attached hydrogens (tertiary/aromatic N) is 1. The molecule has 1 N–H and O–H groups in total. The quantitative estimate of drug-likeness (QED) is 0.925. The summed E-state index contributed by atoms with van der Waals surface area (Å²) in [6.45, 7) is 6.74. The summed E-state index contributed by atoms with van der Waals surface area (Å²) in [6, 6.07) is 4.22. The van der Waals surface area contributed by atoms with Crippen molar-refractivity contribution in [2.75, 3.05) is 13.1 Å². The third kappa shape index (κ3) is 2.44. The summed E-state index contributed by atoms with van der Waals surface area (Å²) in [6.07, 6.45) is 0. The summed E-state index contributed by atoms with van der Waals surface area (Å²) in [5.41, 5.74) is -0.450. The minimum atomic E-state index is -0.450. The van der Waals surface area contributed by atoms with Crippen LogP contribution in [0.5, 0.6) is 0 Å². The second-order valence-corrected chi connectivity index (χ2v) is 7.16. The molecular formula is C11H16BrNOS. The van der Waals surface area contributed by atoms with Gasteiger partial charge in [0.05, 0.1) is 9.39 Å². The van der Waals surface area contributed by atoms with Gasteiger partial charge in [0, 0.05) is 24.5 Å². The molecule has 0 amide bonds. The topological polar surface area (TPSA) is 23.5 Å². The van der Waals surface area contributed by atoms with Crippen LogP contribution in [0.3, 0.4) is 0 Å². The standard InChI is InChI=1S/C11H16BrNOS/c1-8(2)11(14)6-13(7-11)5-9-3-4-10(12)15-9/h3-4,8,14H,5-7H2,1-2H3. The van der Waals surface area contributed by atoms with Crippen molar-refractivity contribution in [2.24, 2.45) is 5.92 Å². The highest BCUT2D eigenvalue weighted by Crippen LogP contribution is 2.31. The lowest BCUT2D eigenvalue weighted by molar-refractivity contribution is -0.130. The van der Waals surface area contributed by atoms with Gasteiger partial charge in [-0.25, -0.2) is 0 Å². The van der Waals surface area contributed by atoms with E-state index in [2.05, 4.69) is 46.8 Å². The molecule has 0 aromatic carbocycles. The van der Waals surface area contributed by atoms with Gasteiger partial charge in [-0.05, 0) is 34.0 Å². The lowest BCUT2D eigenvalue weighted by Gasteiger charge is -2.49. The molecule has 0 aliphatic carbocycles. The van der Waals surface area contributed by atoms with Gasteiger partial charge in [-0.15, -0.1) is 11.3 Å². The SMILES string of the molecule is CC(C)C1(O)CN(Cc2ccc(Br)s2)C1. The fraction of sp³-hybridized carbons (Fsp3) is 0.636. The third-order valence-electron chi connectivity index (χ3n) is 3.08. The second-order valence-electron chi connectivity index (χ2n) is 4.61. The summed E-state index contributed by atoms with van der Waals surface area (Å²) < 4.78 is 1.18. The Kier molecular flexibility index (Phi) is 3.22. The second kappa shape index (κ2) is 4.17. The highest BCUT2D eigenvalue weighted by molar-refractivity contribution is 9.11. The zero-order valence-electron chi connectivity index (χ0n) is 9.03. The summed E-state index contributed by atoms with van der Waals surface area (Å²) >= 11 is 5.23. The van der Waals surface area contributed by atoms with Crippen LogP contribution in [0, 0.1) is 5.92 Å². The van der Waals surface area contributed by atoms with Gasteiger partial charge >= 0.3 is 0 Å². The van der Waals surface area contributed by atoms with E-state index < -0.39 is 5.60 Å². The first-order valence-electron chi connectivity index (χ1n) is 5.18. The van der Waals surface area contributed by atoms with E-state index in [1.54, 1.807) is 11.3 Å². The van der Waals surface area contributed by atoms with Crippen molar-refractivity contribution < 1.29 is 5.11 Å². The van der Waals surface area contributed by atoms with E-state index in [0.717, 1.165) is 19.6 Å². The Balaban J connectivity index is 1.86. The van der Waals surface area contributed by atoms with Crippen LogP contribution in [0.25, 0.3) is 0 Å². The molecule has 2 nitrogen and oxygen atoms in total. The zero-order chi connectivity index (χ0) is 11.1. The molecule has 0 spiro atoms. The molecule has 0 bridgehead atoms. The minimum absolute atomic E-state index is 0.351. The lowest BCUT2D eigenvalue weighted by Crippen LogP contribution is -2.63. The molecule has 1 aromatic rings. The Morgan fingerprint density at radius 1 is 1.53 bits per heavy atom. The minimum Gasteiger partial charge on any atom is -0.387 e. The van der Waals surface area contributed by atoms with Crippen LogP contribution in [-0.4, -0.2) is 28.7 Å². The van der Waals surface area contributed by atoms with Gasteiger partial charge in [0.25, 0.3) is 0 Å². The Hall–Kier alpha value is 0.1000. The van der Waals surface area contributed by atoms with Crippen molar-refractivity contribution in [1.82, 2.24) is 4.90 Å². The summed E-state index contributed by atoms with van der Waals surface area (Å²) in [4.78, 5) is 3.64. The normalized spacial score (nSPS) is 20.6. The first kappa shape index (κ1) is 11.6. The predicted octanol–water partition coefficient (Wildman–Crippen LogP) is 2.71. The van der Waals surface area contributed by atoms with Crippen molar-refractivity contribution in [3.8, 4) is 0 Å². The van der Waals surface area contributed by atoms with Gasteiger partial charge in [0.2, 0.25) is 0 Å². The molecule has 15 heavy (non-hydrogen) atoms. The molecule has 1 fully saturated rings. The van der Waals surface area contributed by atoms with E-state index in [4.69, 9.17) is 0 Å². The van der Waals surface area contributed by atoms with E-state index in [0.29, 0.717) is 5.92 Å². The van der Waals surface area contributed by atoms with Crippen LogP contribution >= 0.6 is 27.3 Å². The van der Waals surface area contributed by atoms with Crippen molar-refractivity contribution in [3.63, 3.8) is 0 Å². The van der Waals surface area contributed by atoms with Crippen LogP contribution in [0.4, 0.5) is 0 Å². The maximum Gasteiger partial charge on any atom is 0.0923 e. The molecule has 84 valence electrons. The number of halogens is 1. The first-order valence-corrected chi connectivity index (χ1v) is 6.79. The number of aliphatic hydroxyl groups is 1. The molecule has 4 heteroatoms. The van der Waals surface area contributed by atoms with Gasteiger partial charge in [0.1, 0.15) is 0 Å². The van der Waals surface area contributed by atoms with E-state index in [1.165, 1.54) is 8.66 Å². The van der Waals surface area contributed by atoms with Crippen LogP contribution in [0.2, 0.25) is 0 Å². The van der Waals surface area contributed by atoms with Gasteiger partial charge in [-0.3, -0.25) is 4.90 Å². The maximum absolute atomic E-state index is 10.1. The predicted molar refractivity (Wildman–Crippen MR) is 67.1 cm³/mol. The van der Waals surface area contributed by atoms with Gasteiger partial charge < -0.3 is 5.11 Å². The van der Waals surface area contributed by atoms with Gasteiger partial charge in [0.15, 0.2) is 0 Å². The van der Waals surface area contributed by atoms with Gasteiger partial charge in [-0.2, -0.15) is 0 Å². The Morgan fingerprint density at radius 3 is 2.67 bits per heavy atom. The number of likely N-dealkylation sites (tertiary alicyclic amines) is 1. The third-order valence-corrected chi connectivity index (χ3v) is 4.69. The van der Waals surface area contributed by atoms with Crippen LogP contribution in [0.15, 0.2) is 15.9 Å². The summed E-state index contributed by atoms with van der Waals surface area (Å²) in [7, 11) is 0. The molecule has 1 saturated heterocycles. The molecule has 1 aromatic heterocycles. The molecule has 0 saturated carbocycles. The number of hydrogen-bond donors (Lipinski definition) is 1. The highest BCUT2D eigenvalue weighted by atomic mass is 79.9. The zero-order valence-corrected chi connectivity index (χ0v) is 11.4. The van der Waals surface area contributed by atoms with Crippen molar-refractivity contribution in [1.29, 1.82) is 0 Å². The monoisotopic (exact) mass is 289 g/mol. The molecule has 0 radical (unpaired) electrons. The van der Waals surface area contributed by atoms with Crippen molar-refractivity contribution in [3.05, 3.63) is 20.8 Å². The average Bonchev–Trinajstić information content (AvgIpc) is 2.48. The van der Waals surface area contributed by atoms with Gasteiger partial charge in [-0.1, -0.05) is 13.8 Å². The average molecular weight is 290 g/mol. The molecule has 1 aliphatic rings. The van der Waals surface area contributed by atoms with E-state index in [-0.39, 0.29) is 0 Å². The molecule has 0 unspecified atom stereocenters. The van der Waals surface area contributed by atoms with Crippen LogP contribution in [-0.2, 0) is 6.54 Å². The van der Waals surface area contributed by atoms with E-state index >= 15 is 0 Å². The Morgan fingerprint density at radius 2 is 2.20 bits per heavy atom. The number of hydrogen-bond acceptors (Lipinski definition) is 3.